The third-order valence-electron chi connectivity index (χ3n) is 6.43. The van der Waals surface area contributed by atoms with Crippen molar-refractivity contribution < 1.29 is 59.3 Å². The van der Waals surface area contributed by atoms with Gasteiger partial charge in [-0.3, -0.25) is 14.5 Å². The number of carbonyl (C=O) groups is 3. The van der Waals surface area contributed by atoms with Crippen molar-refractivity contribution in [1.82, 2.24) is 10.2 Å². The molecule has 0 rings (SSSR count). The van der Waals surface area contributed by atoms with E-state index in [0.29, 0.717) is 6.42 Å². The predicted molar refractivity (Wildman–Crippen MR) is 137 cm³/mol. The van der Waals surface area contributed by atoms with Crippen LogP contribution in [-0.4, -0.2) is 64.7 Å². The molecule has 0 aliphatic carbocycles. The van der Waals surface area contributed by atoms with Crippen LogP contribution in [0.2, 0.25) is 0 Å². The molecule has 0 fully saturated rings. The van der Waals surface area contributed by atoms with Crippen molar-refractivity contribution in [3.05, 3.63) is 12.2 Å². The van der Waals surface area contributed by atoms with Gasteiger partial charge >= 0.3 is 35.5 Å². The number of unbranched alkanes of at least 4 members (excludes halogenated alkanes) is 11. The molecule has 0 aromatic heterocycles. The van der Waals surface area contributed by atoms with Crippen LogP contribution in [0, 0.1) is 0 Å². The Morgan fingerprint density at radius 2 is 1.44 bits per heavy atom. The zero-order valence-corrected chi connectivity index (χ0v) is 25.1. The van der Waals surface area contributed by atoms with Crippen LogP contribution in [0.3, 0.4) is 0 Å². The van der Waals surface area contributed by atoms with Crippen molar-refractivity contribution in [2.75, 3.05) is 26.2 Å². The number of β-amino-alcohol motifs (C(OH)–C–C–N with tert-alkyl or cyclic N) is 1. The van der Waals surface area contributed by atoms with E-state index in [0.717, 1.165) is 37.0 Å². The van der Waals surface area contributed by atoms with Gasteiger partial charge < -0.3 is 25.4 Å². The molecular weight excluding hydrogens is 471 g/mol. The van der Waals surface area contributed by atoms with E-state index < -0.39 is 24.0 Å². The molecule has 0 aliphatic heterocycles. The normalized spacial score (nSPS) is 12.9. The van der Waals surface area contributed by atoms with Crippen molar-refractivity contribution in [3.63, 3.8) is 0 Å². The number of nitrogens with one attached hydrogen (secondary N) is 1. The van der Waals surface area contributed by atoms with E-state index in [2.05, 4.69) is 24.4 Å². The van der Waals surface area contributed by atoms with E-state index in [1.807, 2.05) is 0 Å². The van der Waals surface area contributed by atoms with E-state index in [1.54, 1.807) is 0 Å². The quantitative estimate of drug-likeness (QED) is 0.0955. The standard InChI is InChI=1S/C27H50N2O6.Na/c1-3-4-5-6-7-8-9-10-11-12-13-14-15-16-17-18-24(31)28-20-19-27(2,26(34)35)29(21-22-30)23-25(32)33;/h10-11,30H,3-9,12-23H2,1-2H3,(H,28,31)(H,32,33)(H,34,35);/q;+1/p-1/b11-10-;. The molecule has 0 saturated heterocycles. The molecule has 36 heavy (non-hydrogen) atoms. The van der Waals surface area contributed by atoms with Gasteiger partial charge in [0.2, 0.25) is 5.91 Å². The zero-order valence-electron chi connectivity index (χ0n) is 23.1. The van der Waals surface area contributed by atoms with Crippen LogP contribution in [0.1, 0.15) is 110 Å². The number of carboxylic acid groups (broad SMARTS) is 2. The Hall–Kier alpha value is -0.930. The van der Waals surface area contributed by atoms with Crippen LogP contribution < -0.4 is 40.0 Å². The molecule has 0 aliphatic rings. The summed E-state index contributed by atoms with van der Waals surface area (Å²) in [6, 6.07) is 0. The zero-order chi connectivity index (χ0) is 26.4. The van der Waals surface area contributed by atoms with Crippen molar-refractivity contribution in [1.29, 1.82) is 0 Å². The van der Waals surface area contributed by atoms with Crippen LogP contribution in [0.5, 0.6) is 0 Å². The van der Waals surface area contributed by atoms with Gasteiger partial charge in [-0.2, -0.15) is 0 Å². The van der Waals surface area contributed by atoms with E-state index >= 15 is 0 Å². The maximum absolute atomic E-state index is 12.1. The minimum atomic E-state index is -1.60. The number of allylic oxidation sites excluding steroid dienone is 2. The monoisotopic (exact) mass is 520 g/mol. The number of aliphatic carboxylic acids is 2. The molecule has 1 unspecified atom stereocenters. The molecule has 9 heteroatoms. The number of carbonyl (C=O) groups excluding carboxylic acids is 2. The number of hydrogen-bond donors (Lipinski definition) is 3. The summed E-state index contributed by atoms with van der Waals surface area (Å²) in [6.45, 7) is 2.67. The third kappa shape index (κ3) is 19.2. The second-order valence-electron chi connectivity index (χ2n) is 9.53. The molecule has 3 N–H and O–H groups in total. The average molecular weight is 521 g/mol. The molecule has 0 aromatic carbocycles. The van der Waals surface area contributed by atoms with E-state index in [-0.39, 0.29) is 61.6 Å². The van der Waals surface area contributed by atoms with E-state index in [4.69, 9.17) is 10.2 Å². The summed E-state index contributed by atoms with van der Waals surface area (Å²) in [5.74, 6) is -2.77. The molecule has 0 spiro atoms. The van der Waals surface area contributed by atoms with Gasteiger partial charge in [0.25, 0.3) is 0 Å². The summed E-state index contributed by atoms with van der Waals surface area (Å²) in [4.78, 5) is 36.0. The summed E-state index contributed by atoms with van der Waals surface area (Å²) in [6.07, 6.45) is 20.4. The van der Waals surface area contributed by atoms with Gasteiger partial charge in [0.1, 0.15) is 0 Å². The van der Waals surface area contributed by atoms with Crippen LogP contribution >= 0.6 is 0 Å². The maximum Gasteiger partial charge on any atom is 1.00 e. The minimum Gasteiger partial charge on any atom is -0.548 e. The first-order valence-corrected chi connectivity index (χ1v) is 13.5. The molecule has 0 heterocycles. The van der Waals surface area contributed by atoms with Crippen molar-refractivity contribution in [2.45, 2.75) is 116 Å². The van der Waals surface area contributed by atoms with Gasteiger partial charge in [-0.1, -0.05) is 70.4 Å². The van der Waals surface area contributed by atoms with Gasteiger partial charge in [0.15, 0.2) is 0 Å². The van der Waals surface area contributed by atoms with Gasteiger partial charge in [0, 0.05) is 19.5 Å². The Bertz CT molecular complexity index is 617. The molecule has 1 amide bonds. The first-order chi connectivity index (χ1) is 16.8. The topological polar surface area (TPSA) is 130 Å². The van der Waals surface area contributed by atoms with Crippen molar-refractivity contribution in [2.24, 2.45) is 0 Å². The molecular formula is C27H49N2NaO6. The molecule has 204 valence electrons. The van der Waals surface area contributed by atoms with Gasteiger partial charge in [-0.15, -0.1) is 0 Å². The summed E-state index contributed by atoms with van der Waals surface area (Å²) >= 11 is 0. The SMILES string of the molecule is CCCCCCCC/C=C\CCCCCCCC(=O)NCCC(C)(C(=O)[O-])N(CCO)CC(=O)O.[Na+]. The first-order valence-electron chi connectivity index (χ1n) is 13.5. The molecule has 8 nitrogen and oxygen atoms in total. The third-order valence-corrected chi connectivity index (χ3v) is 6.43. The first kappa shape index (κ1) is 37.2. The minimum absolute atomic E-state index is 0. The summed E-state index contributed by atoms with van der Waals surface area (Å²) in [5, 5.41) is 32.6. The maximum atomic E-state index is 12.1. The number of aliphatic hydroxyl groups excluding tert-OH is 1. The number of carboxylic acids is 2. The predicted octanol–water partition coefficient (Wildman–Crippen LogP) is 0.422. The number of hydrogen-bond acceptors (Lipinski definition) is 6. The van der Waals surface area contributed by atoms with Crippen LogP contribution in [0.4, 0.5) is 0 Å². The molecule has 0 saturated carbocycles. The second kappa shape index (κ2) is 24.4. The number of aliphatic hydroxyl groups is 1. The fourth-order valence-electron chi connectivity index (χ4n) is 4.06. The second-order valence-corrected chi connectivity index (χ2v) is 9.53. The molecule has 0 aromatic rings. The van der Waals surface area contributed by atoms with Crippen LogP contribution in [0.15, 0.2) is 12.2 Å². The van der Waals surface area contributed by atoms with Crippen LogP contribution in [-0.2, 0) is 14.4 Å². The van der Waals surface area contributed by atoms with Crippen molar-refractivity contribution in [3.8, 4) is 0 Å². The number of rotatable bonds is 24. The summed E-state index contributed by atoms with van der Waals surface area (Å²) in [5.41, 5.74) is -1.60. The number of nitrogens with zero attached hydrogens (tertiary/aromatic N) is 1. The summed E-state index contributed by atoms with van der Waals surface area (Å²) in [7, 11) is 0. The van der Waals surface area contributed by atoms with Crippen molar-refractivity contribution >= 4 is 17.8 Å². The number of amides is 1. The summed E-state index contributed by atoms with van der Waals surface area (Å²) < 4.78 is 0. The molecule has 0 radical (unpaired) electrons. The molecule has 1 atom stereocenters. The fraction of sp³-hybridized carbons (Fsp3) is 0.815. The van der Waals surface area contributed by atoms with Crippen LogP contribution in [0.25, 0.3) is 0 Å². The van der Waals surface area contributed by atoms with E-state index in [1.165, 1.54) is 58.3 Å². The van der Waals surface area contributed by atoms with Gasteiger partial charge in [-0.05, 0) is 45.4 Å². The Morgan fingerprint density at radius 3 is 1.94 bits per heavy atom. The Balaban J connectivity index is 0. The molecule has 0 bridgehead atoms. The Morgan fingerprint density at radius 1 is 0.917 bits per heavy atom. The van der Waals surface area contributed by atoms with Gasteiger partial charge in [-0.25, -0.2) is 0 Å². The Kier molecular flexibility index (Phi) is 25.2. The average Bonchev–Trinajstić information content (AvgIpc) is 2.80. The largest absolute Gasteiger partial charge is 1.00 e. The smallest absolute Gasteiger partial charge is 0.548 e. The van der Waals surface area contributed by atoms with Gasteiger partial charge in [0.05, 0.1) is 24.7 Å². The Labute approximate surface area is 240 Å². The van der Waals surface area contributed by atoms with E-state index in [9.17, 15) is 19.5 Å². The fourth-order valence-corrected chi connectivity index (χ4v) is 4.06.